The van der Waals surface area contributed by atoms with Gasteiger partial charge < -0.3 is 9.13 Å². The number of hydrogen-bond acceptors (Lipinski definition) is 1. The van der Waals surface area contributed by atoms with Crippen molar-refractivity contribution in [3.63, 3.8) is 0 Å². The van der Waals surface area contributed by atoms with Crippen molar-refractivity contribution in [2.75, 3.05) is 0 Å². The molecule has 0 fully saturated rings. The Balaban J connectivity index is 1.11. The third-order valence-corrected chi connectivity index (χ3v) is 10.7. The molecule has 0 spiro atoms. The van der Waals surface area contributed by atoms with E-state index in [1.165, 1.54) is 65.8 Å². The van der Waals surface area contributed by atoms with Crippen LogP contribution in [0.4, 0.5) is 0 Å². The summed E-state index contributed by atoms with van der Waals surface area (Å²) in [5.74, 6) is 0. The van der Waals surface area contributed by atoms with Gasteiger partial charge in [-0.1, -0.05) is 133 Å². The molecule has 0 radical (unpaired) electrons. The summed E-state index contributed by atoms with van der Waals surface area (Å²) in [6, 6.07) is 67.7. The third-order valence-electron chi connectivity index (χ3n) is 10.7. The van der Waals surface area contributed by atoms with Crippen LogP contribution < -0.4 is 0 Å². The van der Waals surface area contributed by atoms with Gasteiger partial charge in [0.05, 0.1) is 33.3 Å². The highest BCUT2D eigenvalue weighted by Crippen LogP contribution is 2.42. The van der Waals surface area contributed by atoms with Crippen LogP contribution in [0.3, 0.4) is 0 Å². The molecule has 3 heteroatoms. The van der Waals surface area contributed by atoms with E-state index >= 15 is 0 Å². The van der Waals surface area contributed by atoms with E-state index in [9.17, 15) is 0 Å². The van der Waals surface area contributed by atoms with E-state index < -0.39 is 0 Å². The van der Waals surface area contributed by atoms with E-state index in [1.807, 2.05) is 0 Å². The van der Waals surface area contributed by atoms with Crippen LogP contribution in [0.5, 0.6) is 0 Å². The lowest BCUT2D eigenvalue weighted by Gasteiger charge is -2.14. The molecule has 0 amide bonds. The predicted molar refractivity (Wildman–Crippen MR) is 219 cm³/mol. The van der Waals surface area contributed by atoms with Crippen molar-refractivity contribution in [1.29, 1.82) is 0 Å². The molecule has 3 aromatic heterocycles. The highest BCUT2D eigenvalue weighted by Gasteiger charge is 2.20. The molecular formula is C49H31N3. The summed E-state index contributed by atoms with van der Waals surface area (Å²) in [7, 11) is 0. The van der Waals surface area contributed by atoms with E-state index in [4.69, 9.17) is 4.98 Å². The second kappa shape index (κ2) is 11.3. The average molecular weight is 662 g/mol. The van der Waals surface area contributed by atoms with Gasteiger partial charge in [-0.15, -0.1) is 0 Å². The number of pyridine rings is 1. The minimum atomic E-state index is 0.992. The van der Waals surface area contributed by atoms with Gasteiger partial charge in [0.2, 0.25) is 0 Å². The van der Waals surface area contributed by atoms with Crippen molar-refractivity contribution in [3.05, 3.63) is 188 Å². The second-order valence-electron chi connectivity index (χ2n) is 13.5. The van der Waals surface area contributed by atoms with Gasteiger partial charge in [0.25, 0.3) is 0 Å². The number of rotatable bonds is 4. The summed E-state index contributed by atoms with van der Waals surface area (Å²) in [6.45, 7) is 0. The van der Waals surface area contributed by atoms with Gasteiger partial charge in [-0.05, 0) is 65.7 Å². The number of para-hydroxylation sites is 5. The fourth-order valence-electron chi connectivity index (χ4n) is 8.38. The zero-order chi connectivity index (χ0) is 34.2. The summed E-state index contributed by atoms with van der Waals surface area (Å²) in [5, 5.41) is 8.53. The van der Waals surface area contributed by atoms with Crippen molar-refractivity contribution in [1.82, 2.24) is 14.1 Å². The van der Waals surface area contributed by atoms with Gasteiger partial charge in [-0.25, -0.2) is 4.98 Å². The van der Waals surface area contributed by atoms with Crippen LogP contribution in [0, 0.1) is 0 Å². The van der Waals surface area contributed by atoms with Crippen molar-refractivity contribution in [2.45, 2.75) is 0 Å². The lowest BCUT2D eigenvalue weighted by Crippen LogP contribution is -1.96. The molecule has 52 heavy (non-hydrogen) atoms. The Bertz CT molecular complexity index is 3150. The maximum Gasteiger partial charge on any atom is 0.0788 e. The molecule has 0 bridgehead atoms. The van der Waals surface area contributed by atoms with Gasteiger partial charge in [-0.2, -0.15) is 0 Å². The Morgan fingerprint density at radius 1 is 0.327 bits per heavy atom. The number of benzene rings is 8. The predicted octanol–water partition coefficient (Wildman–Crippen LogP) is 12.9. The van der Waals surface area contributed by atoms with Crippen LogP contribution in [0.15, 0.2) is 188 Å². The first-order chi connectivity index (χ1) is 25.8. The number of aromatic nitrogens is 3. The van der Waals surface area contributed by atoms with Crippen LogP contribution in [0.25, 0.3) is 99.0 Å². The molecular weight excluding hydrogens is 631 g/mol. The molecule has 3 nitrogen and oxygen atoms in total. The molecule has 0 aliphatic rings. The summed E-state index contributed by atoms with van der Waals surface area (Å²) in [4.78, 5) is 5.33. The standard InChI is InChI=1S/C49H31N3/c1-3-13-35(14-4-1)51-44-21-11-9-18-38(44)42-31-34(27-30-46(42)51)32-23-25-33(26-24-32)48-41-29-28-39-37-17-8-12-22-45(37)52(36-15-5-2-6-16-36)49(39)47(41)40-19-7-10-20-43(40)50-48/h1-31H. The lowest BCUT2D eigenvalue weighted by atomic mass is 9.96. The number of fused-ring (bicyclic) bond motifs is 10. The molecule has 3 heterocycles. The van der Waals surface area contributed by atoms with Gasteiger partial charge in [-0.3, -0.25) is 0 Å². The molecule has 11 aromatic rings. The minimum Gasteiger partial charge on any atom is -0.309 e. The monoisotopic (exact) mass is 661 g/mol. The van der Waals surface area contributed by atoms with Crippen molar-refractivity contribution in [2.24, 2.45) is 0 Å². The van der Waals surface area contributed by atoms with E-state index in [2.05, 4.69) is 197 Å². The van der Waals surface area contributed by atoms with E-state index in [0.717, 1.165) is 33.2 Å². The summed E-state index contributed by atoms with van der Waals surface area (Å²) in [5.41, 5.74) is 12.6. The first kappa shape index (κ1) is 28.8. The van der Waals surface area contributed by atoms with Gasteiger partial charge in [0.15, 0.2) is 0 Å². The Hall–Kier alpha value is -6.97. The summed E-state index contributed by atoms with van der Waals surface area (Å²) in [6.07, 6.45) is 0. The Labute approximate surface area is 300 Å². The third kappa shape index (κ3) is 4.23. The molecule has 8 aromatic carbocycles. The average Bonchev–Trinajstić information content (AvgIpc) is 3.74. The zero-order valence-corrected chi connectivity index (χ0v) is 28.2. The number of nitrogens with zero attached hydrogens (tertiary/aromatic N) is 3. The van der Waals surface area contributed by atoms with Crippen LogP contribution in [0.2, 0.25) is 0 Å². The minimum absolute atomic E-state index is 0.992. The van der Waals surface area contributed by atoms with Crippen LogP contribution in [-0.4, -0.2) is 14.1 Å². The molecule has 0 N–H and O–H groups in total. The van der Waals surface area contributed by atoms with Crippen LogP contribution >= 0.6 is 0 Å². The van der Waals surface area contributed by atoms with E-state index in [-0.39, 0.29) is 0 Å². The largest absolute Gasteiger partial charge is 0.309 e. The zero-order valence-electron chi connectivity index (χ0n) is 28.2. The summed E-state index contributed by atoms with van der Waals surface area (Å²) >= 11 is 0. The van der Waals surface area contributed by atoms with Crippen molar-refractivity contribution < 1.29 is 0 Å². The smallest absolute Gasteiger partial charge is 0.0788 e. The quantitative estimate of drug-likeness (QED) is 0.172. The Morgan fingerprint density at radius 2 is 0.846 bits per heavy atom. The first-order valence-electron chi connectivity index (χ1n) is 17.8. The highest BCUT2D eigenvalue weighted by molar-refractivity contribution is 6.27. The lowest BCUT2D eigenvalue weighted by molar-refractivity contribution is 1.18. The fraction of sp³-hybridized carbons (Fsp3) is 0. The maximum atomic E-state index is 5.33. The Morgan fingerprint density at radius 3 is 1.58 bits per heavy atom. The van der Waals surface area contributed by atoms with Gasteiger partial charge >= 0.3 is 0 Å². The van der Waals surface area contributed by atoms with Crippen molar-refractivity contribution >= 4 is 65.3 Å². The summed E-state index contributed by atoms with van der Waals surface area (Å²) < 4.78 is 4.79. The second-order valence-corrected chi connectivity index (χ2v) is 13.5. The van der Waals surface area contributed by atoms with E-state index in [0.29, 0.717) is 0 Å². The van der Waals surface area contributed by atoms with Gasteiger partial charge in [0.1, 0.15) is 0 Å². The molecule has 0 unspecified atom stereocenters. The van der Waals surface area contributed by atoms with E-state index in [1.54, 1.807) is 0 Å². The number of hydrogen-bond donors (Lipinski definition) is 0. The first-order valence-corrected chi connectivity index (χ1v) is 17.8. The molecule has 0 aliphatic heterocycles. The van der Waals surface area contributed by atoms with Crippen molar-refractivity contribution in [3.8, 4) is 33.8 Å². The molecule has 11 rings (SSSR count). The van der Waals surface area contributed by atoms with Gasteiger partial charge in [0, 0.05) is 54.6 Å². The molecule has 0 saturated heterocycles. The topological polar surface area (TPSA) is 22.8 Å². The van der Waals surface area contributed by atoms with Crippen LogP contribution in [0.1, 0.15) is 0 Å². The highest BCUT2D eigenvalue weighted by atomic mass is 15.0. The molecule has 0 aliphatic carbocycles. The Kier molecular flexibility index (Phi) is 6.25. The molecule has 242 valence electrons. The molecule has 0 atom stereocenters. The SMILES string of the molecule is c1ccc(-n2c3ccccc3c3cc(-c4ccc(-c5nc6ccccc6c6c5ccc5c7ccccc7n(-c7ccccc7)c56)cc4)ccc32)cc1. The normalized spacial score (nSPS) is 11.8. The maximum absolute atomic E-state index is 5.33. The fourth-order valence-corrected chi connectivity index (χ4v) is 8.38. The van der Waals surface area contributed by atoms with Crippen LogP contribution in [-0.2, 0) is 0 Å². The molecule has 0 saturated carbocycles.